The molecule has 0 aromatic heterocycles. The SMILES string of the molecule is CC1(C)C(CNC(=O)C2Cc3ccccc3CN2)C1(C)C. The first-order chi connectivity index (χ1) is 9.84. The topological polar surface area (TPSA) is 41.1 Å². The zero-order valence-corrected chi connectivity index (χ0v) is 13.5. The van der Waals surface area contributed by atoms with Gasteiger partial charge in [0.05, 0.1) is 6.04 Å². The fraction of sp³-hybridized carbons (Fsp3) is 0.611. The molecule has 114 valence electrons. The number of benzene rings is 1. The highest BCUT2D eigenvalue weighted by Gasteiger charge is 2.64. The Morgan fingerprint density at radius 3 is 2.43 bits per heavy atom. The van der Waals surface area contributed by atoms with Crippen LogP contribution in [0.2, 0.25) is 0 Å². The molecule has 1 amide bonds. The lowest BCUT2D eigenvalue weighted by atomic mass is 9.95. The minimum absolute atomic E-state index is 0.0927. The van der Waals surface area contributed by atoms with Gasteiger partial charge in [-0.2, -0.15) is 0 Å². The van der Waals surface area contributed by atoms with Crippen molar-refractivity contribution in [3.63, 3.8) is 0 Å². The van der Waals surface area contributed by atoms with E-state index in [1.165, 1.54) is 11.1 Å². The van der Waals surface area contributed by atoms with Crippen LogP contribution in [0.25, 0.3) is 0 Å². The number of hydrogen-bond acceptors (Lipinski definition) is 2. The summed E-state index contributed by atoms with van der Waals surface area (Å²) >= 11 is 0. The van der Waals surface area contributed by atoms with Gasteiger partial charge in [0.25, 0.3) is 0 Å². The first-order valence-corrected chi connectivity index (χ1v) is 7.92. The molecule has 0 radical (unpaired) electrons. The molecule has 0 spiro atoms. The molecule has 1 unspecified atom stereocenters. The molecule has 1 atom stereocenters. The van der Waals surface area contributed by atoms with Gasteiger partial charge in [0.1, 0.15) is 0 Å². The van der Waals surface area contributed by atoms with Crippen molar-refractivity contribution >= 4 is 5.91 Å². The number of carbonyl (C=O) groups excluding carboxylic acids is 1. The Bertz CT molecular complexity index is 548. The van der Waals surface area contributed by atoms with E-state index in [1.54, 1.807) is 0 Å². The van der Waals surface area contributed by atoms with Gasteiger partial charge in [-0.05, 0) is 34.3 Å². The van der Waals surface area contributed by atoms with Crippen molar-refractivity contribution in [1.29, 1.82) is 0 Å². The number of nitrogens with one attached hydrogen (secondary N) is 2. The second-order valence-electron chi connectivity index (χ2n) is 7.65. The first kappa shape index (κ1) is 14.6. The van der Waals surface area contributed by atoms with E-state index in [0.29, 0.717) is 16.7 Å². The lowest BCUT2D eigenvalue weighted by Crippen LogP contribution is -2.48. The Labute approximate surface area is 127 Å². The van der Waals surface area contributed by atoms with E-state index < -0.39 is 0 Å². The van der Waals surface area contributed by atoms with Crippen LogP contribution in [-0.2, 0) is 17.8 Å². The molecule has 1 aromatic rings. The minimum atomic E-state index is -0.0927. The summed E-state index contributed by atoms with van der Waals surface area (Å²) in [4.78, 5) is 12.4. The maximum atomic E-state index is 12.4. The zero-order chi connectivity index (χ0) is 15.3. The number of amides is 1. The third-order valence-electron chi connectivity index (χ3n) is 6.20. The highest BCUT2D eigenvalue weighted by atomic mass is 16.2. The fourth-order valence-electron chi connectivity index (χ4n) is 3.81. The Hall–Kier alpha value is -1.35. The van der Waals surface area contributed by atoms with Gasteiger partial charge in [-0.25, -0.2) is 0 Å². The number of carbonyl (C=O) groups is 1. The summed E-state index contributed by atoms with van der Waals surface area (Å²) in [6.07, 6.45) is 0.791. The van der Waals surface area contributed by atoms with E-state index in [-0.39, 0.29) is 11.9 Å². The number of rotatable bonds is 3. The summed E-state index contributed by atoms with van der Waals surface area (Å²) in [7, 11) is 0. The van der Waals surface area contributed by atoms with Gasteiger partial charge in [0.15, 0.2) is 0 Å². The van der Waals surface area contributed by atoms with Crippen LogP contribution < -0.4 is 10.6 Å². The molecular weight excluding hydrogens is 260 g/mol. The molecule has 21 heavy (non-hydrogen) atoms. The van der Waals surface area contributed by atoms with E-state index >= 15 is 0 Å². The van der Waals surface area contributed by atoms with Crippen molar-refractivity contribution in [1.82, 2.24) is 10.6 Å². The first-order valence-electron chi connectivity index (χ1n) is 7.92. The average molecular weight is 286 g/mol. The van der Waals surface area contributed by atoms with E-state index in [4.69, 9.17) is 0 Å². The molecular formula is C18H26N2O. The molecule has 3 heteroatoms. The summed E-state index contributed by atoms with van der Waals surface area (Å²) < 4.78 is 0. The highest BCUT2D eigenvalue weighted by Crippen LogP contribution is 2.67. The zero-order valence-electron chi connectivity index (χ0n) is 13.5. The summed E-state index contributed by atoms with van der Waals surface area (Å²) in [6, 6.07) is 8.27. The van der Waals surface area contributed by atoms with Gasteiger partial charge < -0.3 is 10.6 Å². The molecule has 0 saturated heterocycles. The second-order valence-corrected chi connectivity index (χ2v) is 7.65. The maximum Gasteiger partial charge on any atom is 0.237 e. The predicted octanol–water partition coefficient (Wildman–Crippen LogP) is 2.50. The van der Waals surface area contributed by atoms with Crippen molar-refractivity contribution < 1.29 is 4.79 Å². The Morgan fingerprint density at radius 2 is 1.81 bits per heavy atom. The van der Waals surface area contributed by atoms with Crippen molar-refractivity contribution in [2.75, 3.05) is 6.54 Å². The van der Waals surface area contributed by atoms with Crippen molar-refractivity contribution in [2.45, 2.75) is 46.7 Å². The molecule has 3 nitrogen and oxygen atoms in total. The molecule has 3 rings (SSSR count). The smallest absolute Gasteiger partial charge is 0.237 e. The molecule has 2 N–H and O–H groups in total. The van der Waals surface area contributed by atoms with E-state index in [2.05, 4.69) is 56.5 Å². The fourth-order valence-corrected chi connectivity index (χ4v) is 3.81. The normalized spacial score (nSPS) is 26.0. The minimum Gasteiger partial charge on any atom is -0.354 e. The lowest BCUT2D eigenvalue weighted by molar-refractivity contribution is -0.123. The molecule has 1 aliphatic carbocycles. The van der Waals surface area contributed by atoms with Gasteiger partial charge in [0, 0.05) is 13.1 Å². The Balaban J connectivity index is 1.56. The molecule has 0 bridgehead atoms. The molecule has 1 aliphatic heterocycles. The van der Waals surface area contributed by atoms with Crippen molar-refractivity contribution in [2.24, 2.45) is 16.7 Å². The predicted molar refractivity (Wildman–Crippen MR) is 84.8 cm³/mol. The number of hydrogen-bond donors (Lipinski definition) is 2. The highest BCUT2D eigenvalue weighted by molar-refractivity contribution is 5.82. The number of fused-ring (bicyclic) bond motifs is 1. The van der Waals surface area contributed by atoms with Crippen LogP contribution in [0.4, 0.5) is 0 Å². The lowest BCUT2D eigenvalue weighted by Gasteiger charge is -2.25. The molecule has 1 aromatic carbocycles. The molecule has 1 saturated carbocycles. The van der Waals surface area contributed by atoms with Crippen LogP contribution in [0.1, 0.15) is 38.8 Å². The van der Waals surface area contributed by atoms with Crippen molar-refractivity contribution in [3.8, 4) is 0 Å². The summed E-state index contributed by atoms with van der Waals surface area (Å²) in [5.41, 5.74) is 3.26. The molecule has 1 fully saturated rings. The van der Waals surface area contributed by atoms with Gasteiger partial charge in [-0.1, -0.05) is 52.0 Å². The van der Waals surface area contributed by atoms with E-state index in [1.807, 2.05) is 6.07 Å². The van der Waals surface area contributed by atoms with Crippen LogP contribution in [0.15, 0.2) is 24.3 Å². The van der Waals surface area contributed by atoms with Crippen LogP contribution >= 0.6 is 0 Å². The second kappa shape index (κ2) is 4.84. The Morgan fingerprint density at radius 1 is 1.19 bits per heavy atom. The Kier molecular flexibility index (Phi) is 3.36. The van der Waals surface area contributed by atoms with Gasteiger partial charge in [-0.15, -0.1) is 0 Å². The quantitative estimate of drug-likeness (QED) is 0.896. The average Bonchev–Trinajstić information content (AvgIpc) is 2.85. The largest absolute Gasteiger partial charge is 0.354 e. The van der Waals surface area contributed by atoms with Gasteiger partial charge in [0.2, 0.25) is 5.91 Å². The van der Waals surface area contributed by atoms with E-state index in [0.717, 1.165) is 19.5 Å². The summed E-state index contributed by atoms with van der Waals surface area (Å²) in [6.45, 7) is 10.7. The summed E-state index contributed by atoms with van der Waals surface area (Å²) in [5.74, 6) is 0.716. The molecule has 2 aliphatic rings. The third kappa shape index (κ3) is 2.38. The van der Waals surface area contributed by atoms with Gasteiger partial charge >= 0.3 is 0 Å². The monoisotopic (exact) mass is 286 g/mol. The van der Waals surface area contributed by atoms with Crippen LogP contribution in [0.3, 0.4) is 0 Å². The summed E-state index contributed by atoms with van der Waals surface area (Å²) in [5, 5.41) is 6.50. The molecule has 1 heterocycles. The third-order valence-corrected chi connectivity index (χ3v) is 6.20. The standard InChI is InChI=1S/C18H26N2O/c1-17(2)15(18(17,3)4)11-20-16(21)14-9-12-7-5-6-8-13(12)10-19-14/h5-8,14-15,19H,9-11H2,1-4H3,(H,20,21). The van der Waals surface area contributed by atoms with E-state index in [9.17, 15) is 4.79 Å². The van der Waals surface area contributed by atoms with Crippen LogP contribution in [-0.4, -0.2) is 18.5 Å². The maximum absolute atomic E-state index is 12.4. The van der Waals surface area contributed by atoms with Crippen molar-refractivity contribution in [3.05, 3.63) is 35.4 Å². The van der Waals surface area contributed by atoms with Crippen LogP contribution in [0, 0.1) is 16.7 Å². The van der Waals surface area contributed by atoms with Crippen LogP contribution in [0.5, 0.6) is 0 Å². The van der Waals surface area contributed by atoms with Gasteiger partial charge in [-0.3, -0.25) is 4.79 Å².